The molecule has 0 unspecified atom stereocenters. The largest absolute Gasteiger partial charge is 0.271 e. The van der Waals surface area contributed by atoms with Gasteiger partial charge in [0, 0.05) is 17.2 Å². The zero-order valence-corrected chi connectivity index (χ0v) is 13.4. The predicted molar refractivity (Wildman–Crippen MR) is 86.0 cm³/mol. The molecule has 3 rings (SSSR count). The summed E-state index contributed by atoms with van der Waals surface area (Å²) in [6.45, 7) is 2.01. The van der Waals surface area contributed by atoms with Crippen LogP contribution in [0.15, 0.2) is 23.3 Å². The first-order valence-electron chi connectivity index (χ1n) is 7.34. The van der Waals surface area contributed by atoms with Crippen molar-refractivity contribution in [3.8, 4) is 0 Å². The molecule has 2 saturated carbocycles. The van der Waals surface area contributed by atoms with E-state index in [0.717, 1.165) is 17.5 Å². The van der Waals surface area contributed by atoms with Crippen LogP contribution < -0.4 is 5.43 Å². The minimum absolute atomic E-state index is 0.254. The molecule has 3 nitrogen and oxygen atoms in total. The number of halogens is 2. The van der Waals surface area contributed by atoms with Gasteiger partial charge in [-0.1, -0.05) is 29.6 Å². The van der Waals surface area contributed by atoms with Gasteiger partial charge in [-0.3, -0.25) is 4.79 Å². The number of carbonyl (C=O) groups is 1. The number of rotatable bonds is 3. The highest BCUT2D eigenvalue weighted by atomic mass is 35.5. The maximum absolute atomic E-state index is 12.1. The summed E-state index contributed by atoms with van der Waals surface area (Å²) in [6, 6.07) is 4.82. The van der Waals surface area contributed by atoms with Gasteiger partial charge in [-0.05, 0) is 56.2 Å². The fourth-order valence-electron chi connectivity index (χ4n) is 3.68. The molecule has 0 saturated heterocycles. The fourth-order valence-corrected chi connectivity index (χ4v) is 3.98. The van der Waals surface area contributed by atoms with Crippen molar-refractivity contribution in [2.24, 2.45) is 22.9 Å². The minimum atomic E-state index is -0.254. The number of nitrogens with zero attached hydrogens (tertiary/aromatic N) is 1. The Morgan fingerprint density at radius 3 is 2.67 bits per heavy atom. The Bertz CT molecular complexity index is 600. The maximum Gasteiger partial charge on any atom is 0.271 e. The molecule has 112 valence electrons. The quantitative estimate of drug-likeness (QED) is 0.643. The lowest BCUT2D eigenvalue weighted by atomic mass is 9.86. The Morgan fingerprint density at radius 1 is 1.24 bits per heavy atom. The van der Waals surface area contributed by atoms with E-state index in [4.69, 9.17) is 23.2 Å². The third kappa shape index (κ3) is 3.09. The molecular weight excluding hydrogens is 307 g/mol. The van der Waals surface area contributed by atoms with Crippen LogP contribution in [0.4, 0.5) is 0 Å². The summed E-state index contributed by atoms with van der Waals surface area (Å²) in [5, 5.41) is 5.11. The van der Waals surface area contributed by atoms with Crippen LogP contribution in [0.2, 0.25) is 10.0 Å². The van der Waals surface area contributed by atoms with Gasteiger partial charge in [0.1, 0.15) is 0 Å². The van der Waals surface area contributed by atoms with Crippen LogP contribution in [0, 0.1) is 17.8 Å². The van der Waals surface area contributed by atoms with E-state index in [1.165, 1.54) is 25.7 Å². The monoisotopic (exact) mass is 324 g/mol. The molecule has 1 aromatic carbocycles. The van der Waals surface area contributed by atoms with Crippen molar-refractivity contribution in [3.63, 3.8) is 0 Å². The van der Waals surface area contributed by atoms with Crippen molar-refractivity contribution < 1.29 is 4.79 Å². The van der Waals surface area contributed by atoms with E-state index < -0.39 is 0 Å². The number of nitrogens with one attached hydrogen (secondary N) is 1. The summed E-state index contributed by atoms with van der Waals surface area (Å²) in [5.74, 6) is 1.92. The molecule has 1 aromatic rings. The lowest BCUT2D eigenvalue weighted by Gasteiger charge is -2.21. The summed E-state index contributed by atoms with van der Waals surface area (Å²) in [4.78, 5) is 12.1. The van der Waals surface area contributed by atoms with E-state index in [0.29, 0.717) is 21.5 Å². The maximum atomic E-state index is 12.1. The van der Waals surface area contributed by atoms with Crippen molar-refractivity contribution in [3.05, 3.63) is 33.8 Å². The van der Waals surface area contributed by atoms with E-state index in [1.54, 1.807) is 18.2 Å². The summed E-state index contributed by atoms with van der Waals surface area (Å²) in [7, 11) is 0. The van der Waals surface area contributed by atoms with Gasteiger partial charge in [0.15, 0.2) is 0 Å². The number of amides is 1. The van der Waals surface area contributed by atoms with Crippen molar-refractivity contribution >= 4 is 34.8 Å². The third-order valence-corrected chi connectivity index (χ3v) is 5.53. The first-order valence-corrected chi connectivity index (χ1v) is 8.09. The van der Waals surface area contributed by atoms with Gasteiger partial charge < -0.3 is 0 Å². The Balaban J connectivity index is 1.64. The number of fused-ring (bicyclic) bond motifs is 2. The normalized spacial score (nSPS) is 28.0. The number of hydrazone groups is 1. The van der Waals surface area contributed by atoms with Crippen LogP contribution in [-0.4, -0.2) is 11.6 Å². The van der Waals surface area contributed by atoms with E-state index in [-0.39, 0.29) is 5.91 Å². The van der Waals surface area contributed by atoms with Gasteiger partial charge in [0.05, 0.1) is 10.0 Å². The molecule has 2 aliphatic carbocycles. The molecule has 0 spiro atoms. The lowest BCUT2D eigenvalue weighted by Crippen LogP contribution is -2.24. The number of benzene rings is 1. The molecule has 1 amide bonds. The topological polar surface area (TPSA) is 41.5 Å². The highest BCUT2D eigenvalue weighted by molar-refractivity contribution is 6.42. The van der Waals surface area contributed by atoms with Crippen molar-refractivity contribution in [1.29, 1.82) is 0 Å². The van der Waals surface area contributed by atoms with E-state index >= 15 is 0 Å². The van der Waals surface area contributed by atoms with E-state index in [2.05, 4.69) is 10.5 Å². The molecule has 21 heavy (non-hydrogen) atoms. The zero-order valence-electron chi connectivity index (χ0n) is 11.9. The SMILES string of the molecule is C/C(=N\NC(=O)c1ccc(Cl)c(Cl)c1)[C@H]1C[C@@H]2CC[C@@H]1C2. The molecule has 0 radical (unpaired) electrons. The standard InChI is InChI=1S/C16H18Cl2N2O/c1-9(13-7-10-2-3-11(13)6-10)19-20-16(21)12-4-5-14(17)15(18)8-12/h4-5,8,10-11,13H,2-3,6-7H2,1H3,(H,20,21)/b19-9+/t10-,11-,13-/m1/s1. The number of hydrogen-bond acceptors (Lipinski definition) is 2. The number of hydrogen-bond donors (Lipinski definition) is 1. The van der Waals surface area contributed by atoms with Crippen molar-refractivity contribution in [2.75, 3.05) is 0 Å². The van der Waals surface area contributed by atoms with Crippen LogP contribution in [0.3, 0.4) is 0 Å². The van der Waals surface area contributed by atoms with Gasteiger partial charge in [0.25, 0.3) is 5.91 Å². The Morgan fingerprint density at radius 2 is 2.05 bits per heavy atom. The van der Waals surface area contributed by atoms with Crippen molar-refractivity contribution in [2.45, 2.75) is 32.6 Å². The lowest BCUT2D eigenvalue weighted by molar-refractivity contribution is 0.0954. The smallest absolute Gasteiger partial charge is 0.267 e. The zero-order chi connectivity index (χ0) is 15.0. The van der Waals surface area contributed by atoms with Crippen LogP contribution >= 0.6 is 23.2 Å². The molecule has 0 aromatic heterocycles. The summed E-state index contributed by atoms with van der Waals surface area (Å²) >= 11 is 11.8. The minimum Gasteiger partial charge on any atom is -0.267 e. The second-order valence-electron chi connectivity index (χ2n) is 6.10. The Hall–Kier alpha value is -1.06. The first-order chi connectivity index (χ1) is 10.0. The highest BCUT2D eigenvalue weighted by Gasteiger charge is 2.40. The Labute approximate surface area is 134 Å². The van der Waals surface area contributed by atoms with E-state index in [9.17, 15) is 4.79 Å². The molecule has 0 heterocycles. The molecule has 2 bridgehead atoms. The molecule has 2 aliphatic rings. The molecular formula is C16H18Cl2N2O. The van der Waals surface area contributed by atoms with Gasteiger partial charge in [0.2, 0.25) is 0 Å². The summed E-state index contributed by atoms with van der Waals surface area (Å²) < 4.78 is 0. The first kappa shape index (κ1) is 14.9. The molecule has 0 aliphatic heterocycles. The molecule has 2 fully saturated rings. The van der Waals surface area contributed by atoms with Gasteiger partial charge in [-0.25, -0.2) is 5.43 Å². The van der Waals surface area contributed by atoms with Crippen LogP contribution in [0.1, 0.15) is 43.0 Å². The van der Waals surface area contributed by atoms with E-state index in [1.807, 2.05) is 6.92 Å². The van der Waals surface area contributed by atoms with Crippen LogP contribution in [-0.2, 0) is 0 Å². The molecule has 5 heteroatoms. The van der Waals surface area contributed by atoms with Crippen molar-refractivity contribution in [1.82, 2.24) is 5.43 Å². The van der Waals surface area contributed by atoms with Crippen LogP contribution in [0.25, 0.3) is 0 Å². The average molecular weight is 325 g/mol. The third-order valence-electron chi connectivity index (χ3n) is 4.79. The van der Waals surface area contributed by atoms with Gasteiger partial charge >= 0.3 is 0 Å². The van der Waals surface area contributed by atoms with Crippen LogP contribution in [0.5, 0.6) is 0 Å². The Kier molecular flexibility index (Phi) is 4.23. The average Bonchev–Trinajstić information content (AvgIpc) is 3.10. The van der Waals surface area contributed by atoms with Gasteiger partial charge in [-0.15, -0.1) is 0 Å². The summed E-state index contributed by atoms with van der Waals surface area (Å²) in [5.41, 5.74) is 4.13. The molecule has 3 atom stereocenters. The van der Waals surface area contributed by atoms with Gasteiger partial charge in [-0.2, -0.15) is 5.10 Å². The fraction of sp³-hybridized carbons (Fsp3) is 0.500. The predicted octanol–water partition coefficient (Wildman–Crippen LogP) is 4.54. The molecule has 1 N–H and O–H groups in total. The second-order valence-corrected chi connectivity index (χ2v) is 6.92. The summed E-state index contributed by atoms with van der Waals surface area (Å²) in [6.07, 6.45) is 5.23. The number of carbonyl (C=O) groups excluding carboxylic acids is 1. The second kappa shape index (κ2) is 5.98. The highest BCUT2D eigenvalue weighted by Crippen LogP contribution is 2.48.